The minimum Gasteiger partial charge on any atom is -0.459 e. The number of H-pyrrole nitrogens is 1. The summed E-state index contributed by atoms with van der Waals surface area (Å²) in [5.41, 5.74) is -7.96. The van der Waals surface area contributed by atoms with Crippen molar-refractivity contribution in [2.75, 3.05) is 5.32 Å². The van der Waals surface area contributed by atoms with Crippen LogP contribution in [-0.4, -0.2) is 27.5 Å². The first kappa shape index (κ1) is 20.1. The smallest absolute Gasteiger partial charge is 0.425 e. The van der Waals surface area contributed by atoms with E-state index < -0.39 is 57.7 Å². The maximum atomic E-state index is 14.2. The number of nitrogens with zero attached hydrogens (tertiary/aromatic N) is 1. The fraction of sp³-hybridized carbons (Fsp3) is 0.111. The minimum atomic E-state index is -5.50. The summed E-state index contributed by atoms with van der Waals surface area (Å²) >= 11 is 0. The van der Waals surface area contributed by atoms with Crippen molar-refractivity contribution in [1.82, 2.24) is 14.9 Å². The molecule has 2 amide bonds. The lowest BCUT2D eigenvalue weighted by Gasteiger charge is -2.29. The number of aromatic nitrogens is 2. The molecule has 0 radical (unpaired) electrons. The maximum Gasteiger partial charge on any atom is 0.425 e. The Balaban J connectivity index is 2.00. The standard InChI is InChI=1S/C18H10F4N4O5/c19-8-3-5-9(6-4-8)26-12-11(14(28)24-16(26)30)17(15(29)23-12,18(20,21)22)25-13(27)10-2-1-7-31-10/h1-7H,(H,23,29)(H,25,27)(H,24,28,30)/t17-/m0/s1. The number of halogens is 4. The predicted octanol–water partition coefficient (Wildman–Crippen LogP) is 1.40. The molecule has 0 fully saturated rings. The van der Waals surface area contributed by atoms with Gasteiger partial charge in [0, 0.05) is 0 Å². The maximum absolute atomic E-state index is 14.2. The summed E-state index contributed by atoms with van der Waals surface area (Å²) in [6.45, 7) is 0. The van der Waals surface area contributed by atoms with Gasteiger partial charge in [-0.05, 0) is 36.4 Å². The summed E-state index contributed by atoms with van der Waals surface area (Å²) < 4.78 is 61.2. The number of carbonyl (C=O) groups excluding carboxylic acids is 2. The van der Waals surface area contributed by atoms with Crippen molar-refractivity contribution in [1.29, 1.82) is 0 Å². The molecule has 1 aliphatic heterocycles. The van der Waals surface area contributed by atoms with Crippen molar-refractivity contribution >= 4 is 17.6 Å². The molecule has 1 aromatic carbocycles. The van der Waals surface area contributed by atoms with Gasteiger partial charge in [-0.3, -0.25) is 19.4 Å². The first-order valence-corrected chi connectivity index (χ1v) is 8.46. The monoisotopic (exact) mass is 438 g/mol. The molecule has 3 aromatic rings. The highest BCUT2D eigenvalue weighted by Crippen LogP contribution is 2.45. The van der Waals surface area contributed by atoms with Crippen molar-refractivity contribution in [3.8, 4) is 5.69 Å². The number of alkyl halides is 3. The summed E-state index contributed by atoms with van der Waals surface area (Å²) in [5.74, 6) is -5.31. The number of hydrogen-bond donors (Lipinski definition) is 3. The largest absolute Gasteiger partial charge is 0.459 e. The number of rotatable bonds is 3. The van der Waals surface area contributed by atoms with Gasteiger partial charge in [0.05, 0.1) is 12.0 Å². The van der Waals surface area contributed by atoms with Crippen LogP contribution in [0.5, 0.6) is 0 Å². The van der Waals surface area contributed by atoms with Gasteiger partial charge in [0.1, 0.15) is 17.2 Å². The molecule has 2 aromatic heterocycles. The van der Waals surface area contributed by atoms with E-state index in [0.717, 1.165) is 36.6 Å². The van der Waals surface area contributed by atoms with Crippen LogP contribution in [-0.2, 0) is 10.3 Å². The van der Waals surface area contributed by atoms with E-state index in [1.54, 1.807) is 4.98 Å². The van der Waals surface area contributed by atoms with E-state index in [1.165, 1.54) is 11.4 Å². The molecule has 3 heterocycles. The Bertz CT molecular complexity index is 1310. The lowest BCUT2D eigenvalue weighted by molar-refractivity contribution is -0.196. The van der Waals surface area contributed by atoms with Gasteiger partial charge in [-0.25, -0.2) is 13.8 Å². The topological polar surface area (TPSA) is 126 Å². The van der Waals surface area contributed by atoms with Crippen molar-refractivity contribution in [2.45, 2.75) is 11.7 Å². The van der Waals surface area contributed by atoms with Crippen LogP contribution in [0.15, 0.2) is 56.7 Å². The Morgan fingerprint density at radius 2 is 1.77 bits per heavy atom. The average Bonchev–Trinajstić information content (AvgIpc) is 3.30. The molecule has 0 bridgehead atoms. The Hall–Kier alpha value is -4.16. The van der Waals surface area contributed by atoms with Crippen molar-refractivity contribution < 1.29 is 31.6 Å². The SMILES string of the molecule is O=C(N[C@]1(C(F)(F)F)C(=O)Nc2c1c(=O)[nH]c(=O)n2-c1ccc(F)cc1)c1ccco1. The second-order valence-corrected chi connectivity index (χ2v) is 6.43. The third-order valence-electron chi connectivity index (χ3n) is 4.61. The highest BCUT2D eigenvalue weighted by atomic mass is 19.4. The van der Waals surface area contributed by atoms with E-state index in [0.29, 0.717) is 4.57 Å². The predicted molar refractivity (Wildman–Crippen MR) is 95.2 cm³/mol. The van der Waals surface area contributed by atoms with Crippen molar-refractivity contribution in [2.24, 2.45) is 0 Å². The van der Waals surface area contributed by atoms with E-state index in [9.17, 15) is 36.7 Å². The van der Waals surface area contributed by atoms with Crippen LogP contribution in [0.1, 0.15) is 16.1 Å². The normalized spacial score (nSPS) is 17.9. The number of amides is 2. The fourth-order valence-electron chi connectivity index (χ4n) is 3.25. The lowest BCUT2D eigenvalue weighted by atomic mass is 9.91. The van der Waals surface area contributed by atoms with Crippen LogP contribution >= 0.6 is 0 Å². The third-order valence-corrected chi connectivity index (χ3v) is 4.61. The second kappa shape index (κ2) is 6.68. The van der Waals surface area contributed by atoms with Gasteiger partial charge < -0.3 is 15.1 Å². The van der Waals surface area contributed by atoms with Crippen LogP contribution in [0, 0.1) is 5.82 Å². The van der Waals surface area contributed by atoms with E-state index in [-0.39, 0.29) is 5.69 Å². The first-order valence-electron chi connectivity index (χ1n) is 8.46. The lowest BCUT2D eigenvalue weighted by Crippen LogP contribution is -2.62. The fourth-order valence-corrected chi connectivity index (χ4v) is 3.25. The molecular formula is C18H10F4N4O5. The summed E-state index contributed by atoms with van der Waals surface area (Å²) in [7, 11) is 0. The number of aromatic amines is 1. The van der Waals surface area contributed by atoms with Crippen LogP contribution in [0.25, 0.3) is 5.69 Å². The van der Waals surface area contributed by atoms with Gasteiger partial charge in [-0.15, -0.1) is 0 Å². The van der Waals surface area contributed by atoms with Crippen molar-refractivity contribution in [3.05, 3.63) is 80.6 Å². The summed E-state index contributed by atoms with van der Waals surface area (Å²) in [6.07, 6.45) is -4.47. The molecule has 4 rings (SSSR count). The molecule has 0 spiro atoms. The zero-order chi connectivity index (χ0) is 22.6. The molecule has 0 aliphatic carbocycles. The molecule has 0 saturated carbocycles. The minimum absolute atomic E-state index is 0.144. The molecule has 0 saturated heterocycles. The van der Waals surface area contributed by atoms with Crippen LogP contribution in [0.3, 0.4) is 0 Å². The second-order valence-electron chi connectivity index (χ2n) is 6.43. The molecule has 9 nitrogen and oxygen atoms in total. The summed E-state index contributed by atoms with van der Waals surface area (Å²) in [5, 5.41) is 3.38. The third kappa shape index (κ3) is 2.93. The number of benzene rings is 1. The number of furan rings is 1. The number of hydrogen-bond acceptors (Lipinski definition) is 5. The van der Waals surface area contributed by atoms with Crippen molar-refractivity contribution in [3.63, 3.8) is 0 Å². The number of nitrogens with one attached hydrogen (secondary N) is 3. The zero-order valence-corrected chi connectivity index (χ0v) is 15.0. The Labute approximate surface area is 168 Å². The van der Waals surface area contributed by atoms with Gasteiger partial charge in [0.15, 0.2) is 5.76 Å². The van der Waals surface area contributed by atoms with E-state index in [4.69, 9.17) is 4.42 Å². The Kier molecular flexibility index (Phi) is 4.34. The van der Waals surface area contributed by atoms with Gasteiger partial charge in [0.2, 0.25) is 0 Å². The van der Waals surface area contributed by atoms with E-state index in [2.05, 4.69) is 0 Å². The Morgan fingerprint density at radius 3 is 2.35 bits per heavy atom. The van der Waals surface area contributed by atoms with Crippen LogP contribution < -0.4 is 21.9 Å². The molecule has 3 N–H and O–H groups in total. The highest BCUT2D eigenvalue weighted by molar-refractivity contribution is 6.09. The molecular weight excluding hydrogens is 428 g/mol. The molecule has 13 heteroatoms. The molecule has 1 atom stereocenters. The first-order chi connectivity index (χ1) is 14.6. The molecule has 1 aliphatic rings. The number of carbonyl (C=O) groups is 2. The summed E-state index contributed by atoms with van der Waals surface area (Å²) in [6, 6.07) is 6.23. The average molecular weight is 438 g/mol. The molecule has 160 valence electrons. The van der Waals surface area contributed by atoms with E-state index in [1.807, 2.05) is 5.32 Å². The van der Waals surface area contributed by atoms with E-state index >= 15 is 0 Å². The van der Waals surface area contributed by atoms with Crippen LogP contribution in [0.2, 0.25) is 0 Å². The summed E-state index contributed by atoms with van der Waals surface area (Å²) in [4.78, 5) is 51.4. The van der Waals surface area contributed by atoms with Gasteiger partial charge in [0.25, 0.3) is 22.9 Å². The Morgan fingerprint density at radius 1 is 1.10 bits per heavy atom. The zero-order valence-electron chi connectivity index (χ0n) is 15.0. The quantitative estimate of drug-likeness (QED) is 0.533. The van der Waals surface area contributed by atoms with Gasteiger partial charge in [-0.1, -0.05) is 0 Å². The van der Waals surface area contributed by atoms with Gasteiger partial charge >= 0.3 is 11.9 Å². The molecule has 31 heavy (non-hydrogen) atoms. The van der Waals surface area contributed by atoms with Gasteiger partial charge in [-0.2, -0.15) is 13.2 Å². The number of anilines is 1. The molecule has 0 unspecified atom stereocenters. The highest BCUT2D eigenvalue weighted by Gasteiger charge is 2.68. The van der Waals surface area contributed by atoms with Crippen LogP contribution in [0.4, 0.5) is 23.4 Å². The number of fused-ring (bicyclic) bond motifs is 1.